The number of carbonyl (C=O) groups is 1. The first-order chi connectivity index (χ1) is 9.70. The Morgan fingerprint density at radius 2 is 1.95 bits per heavy atom. The van der Waals surface area contributed by atoms with Gasteiger partial charge in [0.2, 0.25) is 0 Å². The summed E-state index contributed by atoms with van der Waals surface area (Å²) < 4.78 is 31.0. The fourth-order valence-corrected chi connectivity index (χ4v) is 3.57. The van der Waals surface area contributed by atoms with E-state index in [9.17, 15) is 13.2 Å². The Balaban J connectivity index is 2.54. The summed E-state index contributed by atoms with van der Waals surface area (Å²) >= 11 is 1.42. The van der Waals surface area contributed by atoms with Crippen LogP contribution in [0.1, 0.15) is 27.0 Å². The van der Waals surface area contributed by atoms with Crippen LogP contribution in [0, 0.1) is 6.92 Å². The molecule has 0 aliphatic heterocycles. The van der Waals surface area contributed by atoms with E-state index in [0.717, 1.165) is 25.5 Å². The molecule has 0 bridgehead atoms. The predicted molar refractivity (Wildman–Crippen MR) is 84.0 cm³/mol. The van der Waals surface area contributed by atoms with Crippen molar-refractivity contribution < 1.29 is 17.9 Å². The Labute approximate surface area is 130 Å². The standard InChI is InChI=1S/C13H22N2O4S2/c1-6-11-10(2)9-12(20-11)13(16)19-8-7-15(5)21(17,18)14(3)4/h9H,6-8H2,1-5H3. The second-order valence-electron chi connectivity index (χ2n) is 4.82. The first-order valence-electron chi connectivity index (χ1n) is 6.60. The van der Waals surface area contributed by atoms with Crippen LogP contribution in [0.25, 0.3) is 0 Å². The highest BCUT2D eigenvalue weighted by Gasteiger charge is 2.20. The van der Waals surface area contributed by atoms with E-state index in [2.05, 4.69) is 0 Å². The van der Waals surface area contributed by atoms with E-state index >= 15 is 0 Å². The van der Waals surface area contributed by atoms with Crippen molar-refractivity contribution in [2.75, 3.05) is 34.3 Å². The Hall–Kier alpha value is -0.960. The number of ether oxygens (including phenoxy) is 1. The zero-order valence-corrected chi connectivity index (χ0v) is 14.7. The summed E-state index contributed by atoms with van der Waals surface area (Å²) in [5.74, 6) is -0.404. The van der Waals surface area contributed by atoms with E-state index in [4.69, 9.17) is 4.74 Å². The maximum absolute atomic E-state index is 11.9. The lowest BCUT2D eigenvalue weighted by molar-refractivity contribution is 0.0498. The molecule has 0 N–H and O–H groups in total. The molecule has 8 heteroatoms. The third-order valence-electron chi connectivity index (χ3n) is 3.04. The number of esters is 1. The average Bonchev–Trinajstić information content (AvgIpc) is 2.79. The van der Waals surface area contributed by atoms with Crippen LogP contribution >= 0.6 is 11.3 Å². The summed E-state index contributed by atoms with van der Waals surface area (Å²) in [6.07, 6.45) is 0.883. The molecule has 0 radical (unpaired) electrons. The smallest absolute Gasteiger partial charge is 0.348 e. The molecule has 6 nitrogen and oxygen atoms in total. The molecular weight excluding hydrogens is 312 g/mol. The highest BCUT2D eigenvalue weighted by molar-refractivity contribution is 7.86. The number of thiophene rings is 1. The zero-order chi connectivity index (χ0) is 16.2. The number of likely N-dealkylation sites (N-methyl/N-ethyl adjacent to an activating group) is 1. The van der Waals surface area contributed by atoms with Crippen molar-refractivity contribution in [2.24, 2.45) is 0 Å². The summed E-state index contributed by atoms with van der Waals surface area (Å²) in [5, 5.41) is 0. The molecule has 0 saturated carbocycles. The Kier molecular flexibility index (Phi) is 6.33. The molecule has 1 heterocycles. The van der Waals surface area contributed by atoms with Crippen molar-refractivity contribution in [2.45, 2.75) is 20.3 Å². The molecule has 0 fully saturated rings. The number of nitrogens with zero attached hydrogens (tertiary/aromatic N) is 2. The van der Waals surface area contributed by atoms with Crippen molar-refractivity contribution >= 4 is 27.5 Å². The first kappa shape index (κ1) is 18.1. The van der Waals surface area contributed by atoms with E-state index in [1.54, 1.807) is 0 Å². The summed E-state index contributed by atoms with van der Waals surface area (Å²) in [6, 6.07) is 1.81. The van der Waals surface area contributed by atoms with Crippen LogP contribution in [-0.4, -0.2) is 57.3 Å². The number of hydrogen-bond donors (Lipinski definition) is 0. The number of aryl methyl sites for hydroxylation is 2. The zero-order valence-electron chi connectivity index (χ0n) is 13.0. The van der Waals surface area contributed by atoms with Crippen LogP contribution in [0.4, 0.5) is 0 Å². The van der Waals surface area contributed by atoms with Gasteiger partial charge in [-0.3, -0.25) is 0 Å². The van der Waals surface area contributed by atoms with Crippen LogP contribution in [0.5, 0.6) is 0 Å². The summed E-state index contributed by atoms with van der Waals surface area (Å²) in [5.41, 5.74) is 1.08. The molecule has 0 aliphatic rings. The molecule has 0 aliphatic carbocycles. The topological polar surface area (TPSA) is 66.9 Å². The molecule has 0 aromatic carbocycles. The summed E-state index contributed by atoms with van der Waals surface area (Å²) in [7, 11) is 0.898. The molecule has 0 spiro atoms. The molecule has 120 valence electrons. The Morgan fingerprint density at radius 3 is 2.43 bits per heavy atom. The lowest BCUT2D eigenvalue weighted by atomic mass is 10.2. The first-order valence-corrected chi connectivity index (χ1v) is 8.81. The van der Waals surface area contributed by atoms with E-state index in [0.29, 0.717) is 4.88 Å². The van der Waals surface area contributed by atoms with Gasteiger partial charge in [-0.2, -0.15) is 17.0 Å². The molecule has 0 atom stereocenters. The minimum Gasteiger partial charge on any atom is -0.460 e. The van der Waals surface area contributed by atoms with Crippen molar-refractivity contribution in [1.82, 2.24) is 8.61 Å². The second-order valence-corrected chi connectivity index (χ2v) is 8.20. The van der Waals surface area contributed by atoms with Crippen molar-refractivity contribution in [1.29, 1.82) is 0 Å². The maximum Gasteiger partial charge on any atom is 0.348 e. The molecule has 21 heavy (non-hydrogen) atoms. The van der Waals surface area contributed by atoms with Gasteiger partial charge in [-0.05, 0) is 25.0 Å². The SMILES string of the molecule is CCc1sc(C(=O)OCCN(C)S(=O)(=O)N(C)C)cc1C. The van der Waals surface area contributed by atoms with E-state index in [1.807, 2.05) is 19.9 Å². The van der Waals surface area contributed by atoms with Gasteiger partial charge in [-0.1, -0.05) is 6.92 Å². The highest BCUT2D eigenvalue weighted by Crippen LogP contribution is 2.22. The van der Waals surface area contributed by atoms with Crippen molar-refractivity contribution in [3.8, 4) is 0 Å². The van der Waals surface area contributed by atoms with E-state index in [1.165, 1.54) is 32.5 Å². The molecule has 0 unspecified atom stereocenters. The number of rotatable bonds is 7. The van der Waals surface area contributed by atoms with Gasteiger partial charge < -0.3 is 4.74 Å². The largest absolute Gasteiger partial charge is 0.460 e. The molecular formula is C13H22N2O4S2. The minimum absolute atomic E-state index is 0.0286. The van der Waals surface area contributed by atoms with Crippen molar-refractivity contribution in [3.63, 3.8) is 0 Å². The van der Waals surface area contributed by atoms with Gasteiger partial charge in [0.1, 0.15) is 11.5 Å². The lowest BCUT2D eigenvalue weighted by Gasteiger charge is -2.20. The van der Waals surface area contributed by atoms with Gasteiger partial charge in [0.25, 0.3) is 10.2 Å². The van der Waals surface area contributed by atoms with E-state index in [-0.39, 0.29) is 13.2 Å². The van der Waals surface area contributed by atoms with Gasteiger partial charge in [0, 0.05) is 32.6 Å². The van der Waals surface area contributed by atoms with E-state index < -0.39 is 16.2 Å². The highest BCUT2D eigenvalue weighted by atomic mass is 32.2. The quantitative estimate of drug-likeness (QED) is 0.709. The fourth-order valence-electron chi connectivity index (χ4n) is 1.70. The molecule has 1 rings (SSSR count). The van der Waals surface area contributed by atoms with Gasteiger partial charge in [0.05, 0.1) is 0 Å². The number of hydrogen-bond acceptors (Lipinski definition) is 5. The Bertz CT molecular complexity index is 593. The van der Waals surface area contributed by atoms with Crippen LogP contribution in [0.15, 0.2) is 6.07 Å². The summed E-state index contributed by atoms with van der Waals surface area (Å²) in [6.45, 7) is 4.15. The third kappa shape index (κ3) is 4.50. The summed E-state index contributed by atoms with van der Waals surface area (Å²) in [4.78, 5) is 13.6. The molecule has 1 aromatic heterocycles. The van der Waals surface area contributed by atoms with Crippen LogP contribution < -0.4 is 0 Å². The second kappa shape index (κ2) is 7.35. The molecule has 0 saturated heterocycles. The molecule has 1 aromatic rings. The average molecular weight is 334 g/mol. The predicted octanol–water partition coefficient (Wildman–Crippen LogP) is 1.51. The monoisotopic (exact) mass is 334 g/mol. The fraction of sp³-hybridized carbons (Fsp3) is 0.615. The van der Waals surface area contributed by atoms with Gasteiger partial charge in [-0.15, -0.1) is 11.3 Å². The van der Waals surface area contributed by atoms with Crippen LogP contribution in [-0.2, 0) is 21.4 Å². The number of carbonyl (C=O) groups excluding carboxylic acids is 1. The maximum atomic E-state index is 11.9. The van der Waals surface area contributed by atoms with Gasteiger partial charge >= 0.3 is 5.97 Å². The van der Waals surface area contributed by atoms with Gasteiger partial charge in [0.15, 0.2) is 0 Å². The van der Waals surface area contributed by atoms with Gasteiger partial charge in [-0.25, -0.2) is 4.79 Å². The molecule has 0 amide bonds. The van der Waals surface area contributed by atoms with Crippen LogP contribution in [0.2, 0.25) is 0 Å². The minimum atomic E-state index is -3.47. The third-order valence-corrected chi connectivity index (χ3v) is 6.29. The normalized spacial score (nSPS) is 12.1. The van der Waals surface area contributed by atoms with Crippen LogP contribution in [0.3, 0.4) is 0 Å². The Morgan fingerprint density at radius 1 is 1.33 bits per heavy atom. The lowest BCUT2D eigenvalue weighted by Crippen LogP contribution is -2.39. The van der Waals surface area contributed by atoms with Crippen molar-refractivity contribution in [3.05, 3.63) is 21.4 Å².